The average Bonchev–Trinajstić information content (AvgIpc) is 3.43. The Morgan fingerprint density at radius 2 is 1.84 bits per heavy atom. The van der Waals surface area contributed by atoms with Crippen LogP contribution in [0.3, 0.4) is 0 Å². The van der Waals surface area contributed by atoms with E-state index in [1.807, 2.05) is 37.3 Å². The second-order valence-corrected chi connectivity index (χ2v) is 12.1. The first-order valence-corrected chi connectivity index (χ1v) is 13.8. The van der Waals surface area contributed by atoms with Gasteiger partial charge in [-0.25, -0.2) is 4.39 Å². The first-order chi connectivity index (χ1) is 18.2. The monoisotopic (exact) mass is 510 g/mol. The van der Waals surface area contributed by atoms with Crippen molar-refractivity contribution in [3.63, 3.8) is 0 Å². The summed E-state index contributed by atoms with van der Waals surface area (Å²) >= 11 is 0. The van der Waals surface area contributed by atoms with Crippen molar-refractivity contribution >= 4 is 11.5 Å². The number of carbonyl (C=O) groups is 1. The summed E-state index contributed by atoms with van der Waals surface area (Å²) in [4.78, 5) is 11.8. The van der Waals surface area contributed by atoms with Crippen LogP contribution in [-0.2, 0) is 23.2 Å². The third kappa shape index (κ3) is 4.05. The van der Waals surface area contributed by atoms with E-state index in [4.69, 9.17) is 4.74 Å². The molecule has 1 fully saturated rings. The zero-order valence-electron chi connectivity index (χ0n) is 22.4. The molecule has 0 amide bonds. The SMILES string of the molecule is Cc1ccc(F)c(-c2ccc(COc3ccc4c(c3)[C@]3(CC4)CC[C@H]3C(=O)O)cc2C2=CCCC2(C)C)c1. The first-order valence-electron chi connectivity index (χ1n) is 13.8. The van der Waals surface area contributed by atoms with Gasteiger partial charge in [0.25, 0.3) is 0 Å². The number of aryl methyl sites for hydroxylation is 2. The quantitative estimate of drug-likeness (QED) is 0.363. The first kappa shape index (κ1) is 24.9. The van der Waals surface area contributed by atoms with Gasteiger partial charge in [0.15, 0.2) is 0 Å². The second-order valence-electron chi connectivity index (χ2n) is 12.1. The topological polar surface area (TPSA) is 46.5 Å². The van der Waals surface area contributed by atoms with Gasteiger partial charge in [-0.05, 0) is 115 Å². The van der Waals surface area contributed by atoms with Gasteiger partial charge in [0.05, 0.1) is 5.92 Å². The summed E-state index contributed by atoms with van der Waals surface area (Å²) in [6, 6.07) is 17.7. The van der Waals surface area contributed by atoms with Crippen molar-refractivity contribution < 1.29 is 19.0 Å². The van der Waals surface area contributed by atoms with E-state index in [2.05, 4.69) is 38.1 Å². The molecule has 0 aliphatic heterocycles. The van der Waals surface area contributed by atoms with Crippen LogP contribution in [0.1, 0.15) is 73.8 Å². The fraction of sp³-hybridized carbons (Fsp3) is 0.382. The maximum Gasteiger partial charge on any atom is 0.307 e. The minimum Gasteiger partial charge on any atom is -0.489 e. The van der Waals surface area contributed by atoms with Gasteiger partial charge in [0.1, 0.15) is 18.2 Å². The highest BCUT2D eigenvalue weighted by Crippen LogP contribution is 2.57. The van der Waals surface area contributed by atoms with Gasteiger partial charge in [0, 0.05) is 11.0 Å². The zero-order chi connectivity index (χ0) is 26.7. The number of hydrogen-bond donors (Lipinski definition) is 1. The lowest BCUT2D eigenvalue weighted by molar-refractivity contribution is -0.149. The number of benzene rings is 3. The van der Waals surface area contributed by atoms with E-state index in [9.17, 15) is 14.3 Å². The molecular formula is C34H35FO3. The molecule has 38 heavy (non-hydrogen) atoms. The Hall–Kier alpha value is -3.40. The molecule has 6 rings (SSSR count). The smallest absolute Gasteiger partial charge is 0.307 e. The highest BCUT2D eigenvalue weighted by molar-refractivity contribution is 5.85. The van der Waals surface area contributed by atoms with Gasteiger partial charge >= 0.3 is 5.97 Å². The fourth-order valence-corrected chi connectivity index (χ4v) is 7.05. The second kappa shape index (κ2) is 9.11. The fourth-order valence-electron chi connectivity index (χ4n) is 7.05. The molecule has 2 atom stereocenters. The number of fused-ring (bicyclic) bond motifs is 2. The minimum atomic E-state index is -0.683. The number of carboxylic acids is 1. The molecule has 4 heteroatoms. The number of hydrogen-bond acceptors (Lipinski definition) is 2. The van der Waals surface area contributed by atoms with E-state index < -0.39 is 5.97 Å². The van der Waals surface area contributed by atoms with Crippen molar-refractivity contribution in [1.29, 1.82) is 0 Å². The van der Waals surface area contributed by atoms with Crippen molar-refractivity contribution in [3.05, 3.63) is 94.3 Å². The Balaban J connectivity index is 1.31. The van der Waals surface area contributed by atoms with E-state index in [0.717, 1.165) is 72.1 Å². The van der Waals surface area contributed by atoms with Crippen LogP contribution in [0.25, 0.3) is 16.7 Å². The van der Waals surface area contributed by atoms with Gasteiger partial charge < -0.3 is 9.84 Å². The molecule has 0 bridgehead atoms. The Kier molecular flexibility index (Phi) is 5.97. The molecule has 0 aromatic heterocycles. The Labute approximate surface area is 224 Å². The van der Waals surface area contributed by atoms with Crippen molar-refractivity contribution in [2.24, 2.45) is 11.3 Å². The van der Waals surface area contributed by atoms with Crippen molar-refractivity contribution in [2.45, 2.75) is 71.3 Å². The molecular weight excluding hydrogens is 475 g/mol. The van der Waals surface area contributed by atoms with Crippen LogP contribution in [0.15, 0.2) is 60.7 Å². The summed E-state index contributed by atoms with van der Waals surface area (Å²) in [5.41, 5.74) is 8.16. The number of ether oxygens (including phenoxy) is 1. The average molecular weight is 511 g/mol. The molecule has 3 nitrogen and oxygen atoms in total. The zero-order valence-corrected chi connectivity index (χ0v) is 22.4. The third-order valence-electron chi connectivity index (χ3n) is 9.34. The van der Waals surface area contributed by atoms with Crippen LogP contribution in [0.5, 0.6) is 5.75 Å². The summed E-state index contributed by atoms with van der Waals surface area (Å²) in [7, 11) is 0. The summed E-state index contributed by atoms with van der Waals surface area (Å²) in [6.07, 6.45) is 7.93. The van der Waals surface area contributed by atoms with Gasteiger partial charge in [0.2, 0.25) is 0 Å². The summed E-state index contributed by atoms with van der Waals surface area (Å²) in [6.45, 7) is 6.91. The predicted molar refractivity (Wildman–Crippen MR) is 149 cm³/mol. The molecule has 1 N–H and O–H groups in total. The molecule has 0 heterocycles. The lowest BCUT2D eigenvalue weighted by Crippen LogP contribution is -2.46. The van der Waals surface area contributed by atoms with Crippen LogP contribution in [0, 0.1) is 24.1 Å². The molecule has 3 aliphatic rings. The van der Waals surface area contributed by atoms with E-state index in [0.29, 0.717) is 12.2 Å². The van der Waals surface area contributed by atoms with E-state index in [1.54, 1.807) is 6.07 Å². The third-order valence-corrected chi connectivity index (χ3v) is 9.34. The molecule has 3 aromatic rings. The Morgan fingerprint density at radius 1 is 1.00 bits per heavy atom. The predicted octanol–water partition coefficient (Wildman–Crippen LogP) is 8.26. The number of aliphatic carboxylic acids is 1. The van der Waals surface area contributed by atoms with Gasteiger partial charge in [-0.15, -0.1) is 0 Å². The summed E-state index contributed by atoms with van der Waals surface area (Å²) in [5.74, 6) is -0.409. The van der Waals surface area contributed by atoms with Gasteiger partial charge in [-0.2, -0.15) is 0 Å². The maximum absolute atomic E-state index is 15.0. The van der Waals surface area contributed by atoms with Crippen molar-refractivity contribution in [1.82, 2.24) is 0 Å². The Morgan fingerprint density at radius 3 is 2.55 bits per heavy atom. The normalized spacial score (nSPS) is 23.2. The molecule has 0 radical (unpaired) electrons. The van der Waals surface area contributed by atoms with Crippen LogP contribution in [0.2, 0.25) is 0 Å². The summed E-state index contributed by atoms with van der Waals surface area (Å²) < 4.78 is 21.3. The molecule has 1 saturated carbocycles. The van der Waals surface area contributed by atoms with E-state index >= 15 is 0 Å². The van der Waals surface area contributed by atoms with Crippen LogP contribution >= 0.6 is 0 Å². The lowest BCUT2D eigenvalue weighted by Gasteiger charge is -2.45. The molecule has 3 aliphatic carbocycles. The number of carboxylic acid groups (broad SMARTS) is 1. The molecule has 1 spiro atoms. The maximum atomic E-state index is 15.0. The van der Waals surface area contributed by atoms with Crippen molar-refractivity contribution in [3.8, 4) is 16.9 Å². The molecule has 0 unspecified atom stereocenters. The van der Waals surface area contributed by atoms with Crippen molar-refractivity contribution in [2.75, 3.05) is 0 Å². The van der Waals surface area contributed by atoms with Gasteiger partial charge in [-0.3, -0.25) is 4.79 Å². The van der Waals surface area contributed by atoms with Gasteiger partial charge in [-0.1, -0.05) is 49.8 Å². The minimum absolute atomic E-state index is 0.0201. The van der Waals surface area contributed by atoms with E-state index in [1.165, 1.54) is 11.1 Å². The standard InChI is InChI=1S/C34H35FO3/c1-21-6-11-31(35)27(17-21)25-10-7-22(18-26(25)28-5-4-14-33(28,2)3)20-38-24-9-8-23-12-15-34(30(23)19-24)16-13-29(34)32(36)37/h5-11,17-19,29H,4,12-16,20H2,1-3H3,(H,36,37)/t29-,34+/m0/s1. The number of halogens is 1. The number of allylic oxidation sites excluding steroid dienone is 2. The molecule has 196 valence electrons. The lowest BCUT2D eigenvalue weighted by atomic mass is 9.57. The highest BCUT2D eigenvalue weighted by Gasteiger charge is 2.54. The molecule has 3 aromatic carbocycles. The summed E-state index contributed by atoms with van der Waals surface area (Å²) in [5, 5.41) is 9.74. The highest BCUT2D eigenvalue weighted by atomic mass is 19.1. The molecule has 0 saturated heterocycles. The number of rotatable bonds is 6. The largest absolute Gasteiger partial charge is 0.489 e. The van der Waals surface area contributed by atoms with E-state index in [-0.39, 0.29) is 22.6 Å². The Bertz CT molecular complexity index is 1470. The van der Waals surface area contributed by atoms with Crippen LogP contribution in [0.4, 0.5) is 4.39 Å². The van der Waals surface area contributed by atoms with Crippen LogP contribution < -0.4 is 4.74 Å². The van der Waals surface area contributed by atoms with Crippen LogP contribution in [-0.4, -0.2) is 11.1 Å².